The van der Waals surface area contributed by atoms with Crippen LogP contribution in [0.15, 0.2) is 53.8 Å². The number of hydrogen-bond donors (Lipinski definition) is 2. The maximum Gasteiger partial charge on any atom is 0.0747 e. The lowest BCUT2D eigenvalue weighted by Crippen LogP contribution is -2.29. The molecule has 2 aliphatic heterocycles. The zero-order chi connectivity index (χ0) is 16.3. The monoisotopic (exact) mass is 334 g/mol. The number of nitrogens with zero attached hydrogens (tertiary/aromatic N) is 2. The Bertz CT molecular complexity index is 1030. The third-order valence-electron chi connectivity index (χ3n) is 4.92. The normalized spacial score (nSPS) is 21.3. The van der Waals surface area contributed by atoms with Crippen LogP contribution in [0.2, 0.25) is 5.02 Å². The average Bonchev–Trinajstić information content (AvgIpc) is 3.19. The zero-order valence-corrected chi connectivity index (χ0v) is 13.8. The minimum atomic E-state index is 0.208. The number of aromatic amines is 1. The van der Waals surface area contributed by atoms with Crippen molar-refractivity contribution < 1.29 is 0 Å². The number of rotatable bonds is 1. The number of fused-ring (bicyclic) bond motifs is 4. The van der Waals surface area contributed by atoms with Crippen LogP contribution in [-0.2, 0) is 0 Å². The molecule has 2 unspecified atom stereocenters. The summed E-state index contributed by atoms with van der Waals surface area (Å²) in [6.07, 6.45) is 5.89. The van der Waals surface area contributed by atoms with E-state index in [1.54, 1.807) is 0 Å². The van der Waals surface area contributed by atoms with Crippen molar-refractivity contribution in [3.05, 3.63) is 59.4 Å². The molecule has 24 heavy (non-hydrogen) atoms. The van der Waals surface area contributed by atoms with Gasteiger partial charge in [-0.05, 0) is 42.3 Å². The first-order valence-corrected chi connectivity index (χ1v) is 8.33. The summed E-state index contributed by atoms with van der Waals surface area (Å²) in [5, 5.41) is 12.6. The van der Waals surface area contributed by atoms with E-state index in [9.17, 15) is 0 Å². The third-order valence-corrected chi connectivity index (χ3v) is 5.14. The number of anilines is 1. The Morgan fingerprint density at radius 1 is 1.17 bits per heavy atom. The Balaban J connectivity index is 1.71. The lowest BCUT2D eigenvalue weighted by atomic mass is 9.89. The smallest absolute Gasteiger partial charge is 0.0747 e. The minimum Gasteiger partial charge on any atom is -0.375 e. The summed E-state index contributed by atoms with van der Waals surface area (Å²) in [5.41, 5.74) is 6.78. The molecule has 2 aromatic carbocycles. The summed E-state index contributed by atoms with van der Waals surface area (Å²) < 4.78 is 0. The summed E-state index contributed by atoms with van der Waals surface area (Å²) in [4.78, 5) is 4.44. The fourth-order valence-corrected chi connectivity index (χ4v) is 3.95. The largest absolute Gasteiger partial charge is 0.375 e. The zero-order valence-electron chi connectivity index (χ0n) is 13.0. The predicted molar refractivity (Wildman–Crippen MR) is 98.9 cm³/mol. The Morgan fingerprint density at radius 2 is 2.08 bits per heavy atom. The first-order valence-electron chi connectivity index (χ1n) is 7.95. The Hall–Kier alpha value is -2.59. The van der Waals surface area contributed by atoms with Gasteiger partial charge in [0.05, 0.1) is 17.8 Å². The Labute approximate surface area is 144 Å². The number of nitrogens with one attached hydrogen (secondary N) is 2. The summed E-state index contributed by atoms with van der Waals surface area (Å²) in [6.45, 7) is 2.07. The standard InChI is InChI=1S/C19H15ClN4/c1-10-18-14(4-5-21-10)16-8-13(20)7-15(19(16)23-18)11-2-3-17-12(6-11)9-22-24-17/h2-9,14,18,23H,1H3,(H,22,24). The van der Waals surface area contributed by atoms with Crippen molar-refractivity contribution >= 4 is 33.9 Å². The second-order valence-electron chi connectivity index (χ2n) is 6.35. The number of aliphatic imine (C=N–C) groups is 1. The second kappa shape index (κ2) is 4.95. The van der Waals surface area contributed by atoms with Gasteiger partial charge in [0, 0.05) is 39.5 Å². The fraction of sp³-hybridized carbons (Fsp3) is 0.158. The van der Waals surface area contributed by atoms with Crippen LogP contribution >= 0.6 is 11.6 Å². The van der Waals surface area contributed by atoms with Gasteiger partial charge in [0.15, 0.2) is 0 Å². The van der Waals surface area contributed by atoms with Crippen LogP contribution in [0.5, 0.6) is 0 Å². The quantitative estimate of drug-likeness (QED) is 0.674. The number of aromatic nitrogens is 2. The lowest BCUT2D eigenvalue weighted by molar-refractivity contribution is 0.828. The summed E-state index contributed by atoms with van der Waals surface area (Å²) in [6, 6.07) is 10.6. The molecule has 2 aliphatic rings. The van der Waals surface area contributed by atoms with Crippen LogP contribution in [-0.4, -0.2) is 22.0 Å². The van der Waals surface area contributed by atoms with Crippen LogP contribution in [0.3, 0.4) is 0 Å². The van der Waals surface area contributed by atoms with E-state index in [-0.39, 0.29) is 12.0 Å². The number of halogens is 1. The maximum atomic E-state index is 6.44. The lowest BCUT2D eigenvalue weighted by Gasteiger charge is -2.19. The molecular weight excluding hydrogens is 320 g/mol. The van der Waals surface area contributed by atoms with Crippen molar-refractivity contribution in [2.24, 2.45) is 4.99 Å². The molecule has 0 amide bonds. The minimum absolute atomic E-state index is 0.208. The van der Waals surface area contributed by atoms with E-state index in [0.717, 1.165) is 38.5 Å². The molecule has 0 saturated heterocycles. The molecule has 0 aliphatic carbocycles. The van der Waals surface area contributed by atoms with Gasteiger partial charge in [-0.1, -0.05) is 23.7 Å². The van der Waals surface area contributed by atoms with E-state index >= 15 is 0 Å². The maximum absolute atomic E-state index is 6.44. The van der Waals surface area contributed by atoms with Crippen molar-refractivity contribution in [2.75, 3.05) is 5.32 Å². The highest BCUT2D eigenvalue weighted by Gasteiger charge is 2.35. The highest BCUT2D eigenvalue weighted by molar-refractivity contribution is 6.31. The number of hydrogen-bond acceptors (Lipinski definition) is 3. The van der Waals surface area contributed by atoms with Crippen LogP contribution in [0, 0.1) is 0 Å². The number of benzene rings is 2. The van der Waals surface area contributed by atoms with Gasteiger partial charge in [0.25, 0.3) is 0 Å². The Morgan fingerprint density at radius 3 is 3.00 bits per heavy atom. The molecular formula is C19H15ClN4. The molecule has 5 rings (SSSR count). The topological polar surface area (TPSA) is 53.1 Å². The average molecular weight is 335 g/mol. The van der Waals surface area contributed by atoms with Crippen LogP contribution in [0.4, 0.5) is 5.69 Å². The van der Waals surface area contributed by atoms with E-state index in [2.05, 4.69) is 57.8 Å². The highest BCUT2D eigenvalue weighted by Crippen LogP contribution is 2.46. The van der Waals surface area contributed by atoms with Gasteiger partial charge < -0.3 is 5.32 Å². The van der Waals surface area contributed by atoms with Crippen molar-refractivity contribution in [2.45, 2.75) is 18.9 Å². The first-order chi connectivity index (χ1) is 11.7. The molecule has 0 bridgehead atoms. The van der Waals surface area contributed by atoms with Crippen molar-refractivity contribution in [1.29, 1.82) is 0 Å². The molecule has 2 atom stereocenters. The summed E-state index contributed by atoms with van der Waals surface area (Å²) >= 11 is 6.44. The van der Waals surface area contributed by atoms with Gasteiger partial charge in [-0.2, -0.15) is 5.10 Å². The van der Waals surface area contributed by atoms with E-state index in [4.69, 9.17) is 11.6 Å². The molecule has 5 heteroatoms. The first kappa shape index (κ1) is 13.8. The molecule has 0 saturated carbocycles. The number of H-pyrrole nitrogens is 1. The van der Waals surface area contributed by atoms with E-state index in [1.165, 1.54) is 5.56 Å². The van der Waals surface area contributed by atoms with E-state index in [0.29, 0.717) is 0 Å². The van der Waals surface area contributed by atoms with Crippen molar-refractivity contribution in [3.8, 4) is 11.1 Å². The predicted octanol–water partition coefficient (Wildman–Crippen LogP) is 4.75. The summed E-state index contributed by atoms with van der Waals surface area (Å²) in [5.74, 6) is 0.285. The van der Waals surface area contributed by atoms with Crippen LogP contribution < -0.4 is 5.32 Å². The van der Waals surface area contributed by atoms with E-state index in [1.807, 2.05) is 18.5 Å². The van der Waals surface area contributed by atoms with Gasteiger partial charge in [0.1, 0.15) is 0 Å². The molecule has 3 aromatic rings. The molecule has 0 fully saturated rings. The Kier molecular flexibility index (Phi) is 2.85. The van der Waals surface area contributed by atoms with Crippen molar-refractivity contribution in [3.63, 3.8) is 0 Å². The van der Waals surface area contributed by atoms with E-state index < -0.39 is 0 Å². The van der Waals surface area contributed by atoms with Gasteiger partial charge in [-0.25, -0.2) is 0 Å². The van der Waals surface area contributed by atoms with Gasteiger partial charge >= 0.3 is 0 Å². The highest BCUT2D eigenvalue weighted by atomic mass is 35.5. The van der Waals surface area contributed by atoms with Gasteiger partial charge in [0.2, 0.25) is 0 Å². The fourth-order valence-electron chi connectivity index (χ4n) is 3.73. The molecule has 118 valence electrons. The van der Waals surface area contributed by atoms with Crippen LogP contribution in [0.1, 0.15) is 18.4 Å². The molecule has 0 spiro atoms. The van der Waals surface area contributed by atoms with Crippen LogP contribution in [0.25, 0.3) is 22.0 Å². The molecule has 1 aromatic heterocycles. The molecule has 2 N–H and O–H groups in total. The second-order valence-corrected chi connectivity index (χ2v) is 6.79. The molecule has 3 heterocycles. The van der Waals surface area contributed by atoms with Crippen molar-refractivity contribution in [1.82, 2.24) is 10.2 Å². The third kappa shape index (κ3) is 1.93. The van der Waals surface area contributed by atoms with Gasteiger partial charge in [-0.3, -0.25) is 10.1 Å². The van der Waals surface area contributed by atoms with Gasteiger partial charge in [-0.15, -0.1) is 0 Å². The molecule has 4 nitrogen and oxygen atoms in total. The SMILES string of the molecule is CC1=NC=CC2c3cc(Cl)cc(-c4ccc5[nH]ncc5c4)c3NC12. The summed E-state index contributed by atoms with van der Waals surface area (Å²) in [7, 11) is 0. The molecule has 0 radical (unpaired) electrons.